The molecule has 0 saturated carbocycles. The smallest absolute Gasteiger partial charge is 0.330 e. The summed E-state index contributed by atoms with van der Waals surface area (Å²) in [6.07, 6.45) is 6.48. The van der Waals surface area contributed by atoms with Gasteiger partial charge in [0.15, 0.2) is 0 Å². The Labute approximate surface area is 204 Å². The quantitative estimate of drug-likeness (QED) is 0.107. The van der Waals surface area contributed by atoms with Gasteiger partial charge in [-0.05, 0) is 0 Å². The van der Waals surface area contributed by atoms with E-state index < -0.39 is 8.60 Å². The van der Waals surface area contributed by atoms with Gasteiger partial charge in [0.05, 0.1) is 39.6 Å². The van der Waals surface area contributed by atoms with Crippen molar-refractivity contribution in [3.63, 3.8) is 0 Å². The molecule has 2 amide bonds. The van der Waals surface area contributed by atoms with E-state index in [1.54, 1.807) is 24.3 Å². The fourth-order valence-corrected chi connectivity index (χ4v) is 2.99. The van der Waals surface area contributed by atoms with Gasteiger partial charge in [-0.3, -0.25) is 9.59 Å². The predicted octanol–water partition coefficient (Wildman–Crippen LogP) is 2.79. The van der Waals surface area contributed by atoms with Crippen molar-refractivity contribution in [2.75, 3.05) is 65.8 Å². The van der Waals surface area contributed by atoms with Gasteiger partial charge >= 0.3 is 8.60 Å². The molecule has 0 aromatic heterocycles. The third-order valence-electron chi connectivity index (χ3n) is 3.99. The highest BCUT2D eigenvalue weighted by Gasteiger charge is 2.16. The second kappa shape index (κ2) is 20.0. The maximum atomic E-state index is 12.3. The number of hydrogen-bond donors (Lipinski definition) is 1. The van der Waals surface area contributed by atoms with E-state index in [-0.39, 0.29) is 51.5 Å². The van der Waals surface area contributed by atoms with Crippen molar-refractivity contribution in [3.05, 3.63) is 74.9 Å². The molecule has 0 radical (unpaired) electrons. The second-order valence-corrected chi connectivity index (χ2v) is 7.78. The molecule has 190 valence electrons. The summed E-state index contributed by atoms with van der Waals surface area (Å²) in [7, 11) is -2.11. The molecular weight excluding hydrogens is 459 g/mol. The molecule has 0 aliphatic carbocycles. The largest absolute Gasteiger partial charge is 0.374 e. The van der Waals surface area contributed by atoms with Gasteiger partial charge in [-0.1, -0.05) is 37.5 Å². The Kier molecular flexibility index (Phi) is 18.6. The molecule has 0 saturated heterocycles. The first-order chi connectivity index (χ1) is 16.3. The van der Waals surface area contributed by atoms with Crippen LogP contribution in [0.5, 0.6) is 0 Å². The molecule has 9 nitrogen and oxygen atoms in total. The predicted molar refractivity (Wildman–Crippen MR) is 135 cm³/mol. The van der Waals surface area contributed by atoms with Crippen LogP contribution in [0.4, 0.5) is 0 Å². The Hall–Kier alpha value is -2.39. The Bertz CT molecular complexity index is 633. The van der Waals surface area contributed by atoms with E-state index in [1.165, 1.54) is 9.80 Å². The molecule has 34 heavy (non-hydrogen) atoms. The highest BCUT2D eigenvalue weighted by molar-refractivity contribution is 7.40. The molecule has 0 rings (SSSR count). The lowest BCUT2D eigenvalue weighted by Gasteiger charge is -2.20. The number of nitrogens with zero attached hydrogens (tertiary/aromatic N) is 2. The number of carbonyl (C=O) groups excluding carboxylic acids is 2. The fourth-order valence-electron chi connectivity index (χ4n) is 2.45. The minimum atomic E-state index is -2.11. The van der Waals surface area contributed by atoms with Crippen LogP contribution in [-0.2, 0) is 28.1 Å². The van der Waals surface area contributed by atoms with E-state index in [9.17, 15) is 14.5 Å². The van der Waals surface area contributed by atoms with Gasteiger partial charge in [0.1, 0.15) is 0 Å². The van der Waals surface area contributed by atoms with Gasteiger partial charge in [0.25, 0.3) is 11.8 Å². The van der Waals surface area contributed by atoms with E-state index in [4.69, 9.17) is 18.5 Å². The third-order valence-corrected chi connectivity index (χ3v) is 4.80. The number of hydrogen-bond acceptors (Lipinski definition) is 7. The lowest BCUT2D eigenvalue weighted by molar-refractivity contribution is -0.127. The number of carbonyl (C=O) groups is 2. The highest BCUT2D eigenvalue weighted by atomic mass is 31.2. The normalized spacial score (nSPS) is 10.4. The van der Waals surface area contributed by atoms with Crippen LogP contribution in [0.2, 0.25) is 0 Å². The van der Waals surface area contributed by atoms with Crippen molar-refractivity contribution in [2.24, 2.45) is 0 Å². The summed E-state index contributed by atoms with van der Waals surface area (Å²) in [5.74, 6) is -0.487. The Morgan fingerprint density at radius 3 is 1.29 bits per heavy atom. The standard InChI is InChI=1S/C24H37N2O7P/c1-7-11-25(12-8-2)23(27)21(5)19-30-15-17-32-34(29)33-18-16-31-20-22(6)24(28)26(13-9-3)14-10-4/h7-10,29H,1-6,11-20H2. The van der Waals surface area contributed by atoms with Crippen LogP contribution in [-0.4, -0.2) is 92.3 Å². The van der Waals surface area contributed by atoms with Gasteiger partial charge in [0, 0.05) is 37.3 Å². The van der Waals surface area contributed by atoms with E-state index in [2.05, 4.69) is 39.5 Å². The fraction of sp³-hybridized carbons (Fsp3) is 0.417. The Morgan fingerprint density at radius 2 is 1.00 bits per heavy atom. The van der Waals surface area contributed by atoms with Gasteiger partial charge in [-0.15, -0.1) is 26.3 Å². The van der Waals surface area contributed by atoms with Crippen molar-refractivity contribution < 1.29 is 33.0 Å². The summed E-state index contributed by atoms with van der Waals surface area (Å²) in [4.78, 5) is 37.3. The lowest BCUT2D eigenvalue weighted by Crippen LogP contribution is -2.33. The molecule has 0 unspecified atom stereocenters. The van der Waals surface area contributed by atoms with Crippen LogP contribution >= 0.6 is 8.60 Å². The van der Waals surface area contributed by atoms with Crippen molar-refractivity contribution >= 4 is 20.4 Å². The summed E-state index contributed by atoms with van der Waals surface area (Å²) < 4.78 is 21.0. The van der Waals surface area contributed by atoms with Crippen LogP contribution in [0.3, 0.4) is 0 Å². The molecule has 0 fully saturated rings. The summed E-state index contributed by atoms with van der Waals surface area (Å²) in [5, 5.41) is 0. The summed E-state index contributed by atoms with van der Waals surface area (Å²) >= 11 is 0. The van der Waals surface area contributed by atoms with Crippen molar-refractivity contribution in [1.82, 2.24) is 9.80 Å². The third kappa shape index (κ3) is 14.0. The van der Waals surface area contributed by atoms with Crippen molar-refractivity contribution in [3.8, 4) is 0 Å². The molecule has 0 atom stereocenters. The first kappa shape index (κ1) is 31.6. The Balaban J connectivity index is 3.97. The zero-order chi connectivity index (χ0) is 25.8. The monoisotopic (exact) mass is 496 g/mol. The molecule has 0 aliphatic rings. The van der Waals surface area contributed by atoms with Crippen LogP contribution < -0.4 is 0 Å². The molecule has 0 aliphatic heterocycles. The van der Waals surface area contributed by atoms with E-state index in [1.807, 2.05) is 0 Å². The van der Waals surface area contributed by atoms with Crippen molar-refractivity contribution in [1.29, 1.82) is 0 Å². The van der Waals surface area contributed by atoms with E-state index >= 15 is 0 Å². The van der Waals surface area contributed by atoms with Gasteiger partial charge in [-0.25, -0.2) is 0 Å². The van der Waals surface area contributed by atoms with E-state index in [0.717, 1.165) is 0 Å². The van der Waals surface area contributed by atoms with E-state index in [0.29, 0.717) is 37.3 Å². The zero-order valence-corrected chi connectivity index (χ0v) is 20.8. The minimum Gasteiger partial charge on any atom is -0.374 e. The number of amides is 2. The average molecular weight is 497 g/mol. The SMILES string of the molecule is C=CCN(CC=C)C(=O)C(=C)COCCOP(O)OCCOCC(=C)C(=O)N(CC=C)CC=C. The molecule has 10 heteroatoms. The van der Waals surface area contributed by atoms with Gasteiger partial charge < -0.3 is 33.2 Å². The number of ether oxygens (including phenoxy) is 2. The summed E-state index contributed by atoms with van der Waals surface area (Å²) in [5.41, 5.74) is 0.584. The minimum absolute atomic E-state index is 0.0324. The molecular formula is C24H37N2O7P. The zero-order valence-electron chi connectivity index (χ0n) is 19.9. The maximum Gasteiger partial charge on any atom is 0.330 e. The lowest BCUT2D eigenvalue weighted by atomic mass is 10.2. The average Bonchev–Trinajstić information content (AvgIpc) is 2.82. The molecule has 0 spiro atoms. The van der Waals surface area contributed by atoms with Gasteiger partial charge in [0.2, 0.25) is 0 Å². The first-order valence-corrected chi connectivity index (χ1v) is 11.7. The molecule has 1 N–H and O–H groups in total. The molecule has 0 aromatic rings. The highest BCUT2D eigenvalue weighted by Crippen LogP contribution is 2.31. The maximum absolute atomic E-state index is 12.3. The number of rotatable bonds is 22. The van der Waals surface area contributed by atoms with Crippen LogP contribution in [0.15, 0.2) is 74.9 Å². The molecule has 0 bridgehead atoms. The summed E-state index contributed by atoms with van der Waals surface area (Å²) in [6.45, 7) is 24.0. The topological polar surface area (TPSA) is 97.8 Å². The second-order valence-electron chi connectivity index (χ2n) is 6.79. The van der Waals surface area contributed by atoms with Gasteiger partial charge in [-0.2, -0.15) is 0 Å². The molecule has 0 aromatic carbocycles. The first-order valence-electron chi connectivity index (χ1n) is 10.6. The Morgan fingerprint density at radius 1 is 0.676 bits per heavy atom. The van der Waals surface area contributed by atoms with Crippen LogP contribution in [0.25, 0.3) is 0 Å². The van der Waals surface area contributed by atoms with Crippen LogP contribution in [0.1, 0.15) is 0 Å². The molecule has 0 heterocycles. The van der Waals surface area contributed by atoms with Crippen LogP contribution in [0, 0.1) is 0 Å². The van der Waals surface area contributed by atoms with Crippen molar-refractivity contribution in [2.45, 2.75) is 0 Å². The summed E-state index contributed by atoms with van der Waals surface area (Å²) in [6, 6.07) is 0.